The Morgan fingerprint density at radius 2 is 2.35 bits per heavy atom. The predicted molar refractivity (Wildman–Crippen MR) is 76.1 cm³/mol. The first kappa shape index (κ1) is 14.1. The van der Waals surface area contributed by atoms with Crippen LogP contribution in [0.5, 0.6) is 0 Å². The molecule has 1 heterocycles. The third kappa shape index (κ3) is 4.09. The van der Waals surface area contributed by atoms with E-state index in [4.69, 9.17) is 18.0 Å². The summed E-state index contributed by atoms with van der Waals surface area (Å²) in [4.78, 5) is 13.4. The molecular weight excluding hydrogens is 252 g/mol. The third-order valence-corrected chi connectivity index (χ3v) is 3.94. The Labute approximate surface area is 111 Å². The Kier molecular flexibility index (Phi) is 5.58. The van der Waals surface area contributed by atoms with Gasteiger partial charge in [0.1, 0.15) is 0 Å². The molecule has 0 saturated carbocycles. The monoisotopic (exact) mass is 270 g/mol. The minimum Gasteiger partial charge on any atom is -0.393 e. The maximum absolute atomic E-state index is 11.9. The first-order valence-electron chi connectivity index (χ1n) is 5.66. The Morgan fingerprint density at radius 1 is 1.65 bits per heavy atom. The molecule has 94 valence electrons. The molecule has 5 heteroatoms. The molecule has 3 nitrogen and oxygen atoms in total. The van der Waals surface area contributed by atoms with Crippen molar-refractivity contribution in [1.29, 1.82) is 0 Å². The number of carbonyl (C=O) groups is 1. The molecule has 0 bridgehead atoms. The Balaban J connectivity index is 2.53. The normalized spacial score (nSPS) is 12.1. The van der Waals surface area contributed by atoms with Crippen LogP contribution in [0.4, 0.5) is 0 Å². The molecule has 17 heavy (non-hydrogen) atoms. The summed E-state index contributed by atoms with van der Waals surface area (Å²) >= 11 is 6.56. The van der Waals surface area contributed by atoms with E-state index < -0.39 is 0 Å². The average molecular weight is 270 g/mol. The van der Waals surface area contributed by atoms with Crippen molar-refractivity contribution in [2.45, 2.75) is 33.2 Å². The summed E-state index contributed by atoms with van der Waals surface area (Å²) in [5, 5.41) is 4.92. The molecule has 1 unspecified atom stereocenters. The minimum atomic E-state index is -0.338. The molecule has 0 aliphatic heterocycles. The first-order chi connectivity index (χ1) is 8.06. The number of aryl methyl sites for hydroxylation is 1. The smallest absolute Gasteiger partial charge is 0.230 e. The highest BCUT2D eigenvalue weighted by Crippen LogP contribution is 2.15. The van der Waals surface area contributed by atoms with Crippen LogP contribution in [0.3, 0.4) is 0 Å². The van der Waals surface area contributed by atoms with E-state index in [0.717, 1.165) is 6.42 Å². The van der Waals surface area contributed by atoms with Crippen LogP contribution in [0.2, 0.25) is 0 Å². The number of nitrogens with one attached hydrogen (secondary N) is 1. The fourth-order valence-corrected chi connectivity index (χ4v) is 2.64. The Morgan fingerprint density at radius 3 is 2.82 bits per heavy atom. The van der Waals surface area contributed by atoms with Gasteiger partial charge in [0.25, 0.3) is 0 Å². The number of thiocarbonyl (C=S) groups is 1. The van der Waals surface area contributed by atoms with E-state index in [-0.39, 0.29) is 16.8 Å². The molecule has 1 aromatic heterocycles. The molecule has 1 rings (SSSR count). The van der Waals surface area contributed by atoms with E-state index in [2.05, 4.69) is 5.32 Å². The average Bonchev–Trinajstić information content (AvgIpc) is 2.68. The van der Waals surface area contributed by atoms with Gasteiger partial charge in [0.15, 0.2) is 0 Å². The molecule has 3 N–H and O–H groups in total. The zero-order valence-corrected chi connectivity index (χ0v) is 11.8. The molecule has 0 aliphatic carbocycles. The number of carbonyl (C=O) groups excluding carboxylic acids is 1. The van der Waals surface area contributed by atoms with E-state index in [1.165, 1.54) is 10.4 Å². The van der Waals surface area contributed by atoms with E-state index in [1.807, 2.05) is 25.3 Å². The van der Waals surface area contributed by atoms with Crippen molar-refractivity contribution < 1.29 is 4.79 Å². The molecule has 0 spiro atoms. The van der Waals surface area contributed by atoms with Gasteiger partial charge in [-0.15, -0.1) is 11.3 Å². The van der Waals surface area contributed by atoms with Gasteiger partial charge in [0.2, 0.25) is 5.91 Å². The van der Waals surface area contributed by atoms with Crippen molar-refractivity contribution in [2.75, 3.05) is 0 Å². The summed E-state index contributed by atoms with van der Waals surface area (Å²) in [6.45, 7) is 4.61. The van der Waals surface area contributed by atoms with Crippen LogP contribution < -0.4 is 11.1 Å². The lowest BCUT2D eigenvalue weighted by molar-refractivity contribution is -0.123. The van der Waals surface area contributed by atoms with Gasteiger partial charge in [-0.1, -0.05) is 25.6 Å². The standard InChI is InChI=1S/C12H18N2OS2/c1-3-4-9(11(13)16)12(15)14-7-10-8(2)5-6-17-10/h5-6,9H,3-4,7H2,1-2H3,(H2,13,16)(H,14,15). The lowest BCUT2D eigenvalue weighted by Crippen LogP contribution is -2.37. The van der Waals surface area contributed by atoms with Gasteiger partial charge < -0.3 is 11.1 Å². The molecule has 1 amide bonds. The fraction of sp³-hybridized carbons (Fsp3) is 0.500. The SMILES string of the molecule is CCCC(C(=O)NCc1sccc1C)C(N)=S. The summed E-state index contributed by atoms with van der Waals surface area (Å²) in [5.74, 6) is -0.401. The van der Waals surface area contributed by atoms with E-state index in [0.29, 0.717) is 13.0 Å². The van der Waals surface area contributed by atoms with Crippen LogP contribution in [0.25, 0.3) is 0 Å². The van der Waals surface area contributed by atoms with Crippen molar-refractivity contribution >= 4 is 34.5 Å². The topological polar surface area (TPSA) is 55.1 Å². The molecule has 0 fully saturated rings. The number of nitrogens with two attached hydrogens (primary N) is 1. The molecule has 0 aromatic carbocycles. The summed E-state index contributed by atoms with van der Waals surface area (Å²) in [6, 6.07) is 2.04. The van der Waals surface area contributed by atoms with Crippen molar-refractivity contribution in [3.05, 3.63) is 21.9 Å². The largest absolute Gasteiger partial charge is 0.393 e. The summed E-state index contributed by atoms with van der Waals surface area (Å²) in [7, 11) is 0. The third-order valence-electron chi connectivity index (χ3n) is 2.63. The predicted octanol–water partition coefficient (Wildman–Crippen LogP) is 2.38. The molecule has 0 radical (unpaired) electrons. The summed E-state index contributed by atoms with van der Waals surface area (Å²) in [6.07, 6.45) is 1.61. The van der Waals surface area contributed by atoms with E-state index in [9.17, 15) is 4.79 Å². The van der Waals surface area contributed by atoms with Crippen LogP contribution in [0.1, 0.15) is 30.2 Å². The first-order valence-corrected chi connectivity index (χ1v) is 6.95. The highest BCUT2D eigenvalue weighted by Gasteiger charge is 2.20. The zero-order valence-electron chi connectivity index (χ0n) is 10.2. The Hall–Kier alpha value is -0.940. The lowest BCUT2D eigenvalue weighted by Gasteiger charge is -2.14. The van der Waals surface area contributed by atoms with Gasteiger partial charge in [-0.2, -0.15) is 0 Å². The molecule has 1 atom stereocenters. The van der Waals surface area contributed by atoms with Gasteiger partial charge in [-0.3, -0.25) is 4.79 Å². The Bertz CT molecular complexity index is 401. The van der Waals surface area contributed by atoms with Gasteiger partial charge in [-0.05, 0) is 30.4 Å². The van der Waals surface area contributed by atoms with Crippen LogP contribution in [0, 0.1) is 12.8 Å². The number of amides is 1. The second-order valence-electron chi connectivity index (χ2n) is 3.99. The fourth-order valence-electron chi connectivity index (χ4n) is 1.57. The van der Waals surface area contributed by atoms with Gasteiger partial charge >= 0.3 is 0 Å². The number of rotatable bonds is 6. The minimum absolute atomic E-state index is 0.0628. The van der Waals surface area contributed by atoms with Crippen LogP contribution in [-0.2, 0) is 11.3 Å². The quantitative estimate of drug-likeness (QED) is 0.780. The molecular formula is C12H18N2OS2. The van der Waals surface area contributed by atoms with Gasteiger partial charge in [0, 0.05) is 4.88 Å². The molecule has 0 aliphatic rings. The van der Waals surface area contributed by atoms with E-state index >= 15 is 0 Å². The van der Waals surface area contributed by atoms with Gasteiger partial charge in [0.05, 0.1) is 17.5 Å². The zero-order chi connectivity index (χ0) is 12.8. The second-order valence-corrected chi connectivity index (χ2v) is 5.46. The van der Waals surface area contributed by atoms with Crippen molar-refractivity contribution in [1.82, 2.24) is 5.32 Å². The van der Waals surface area contributed by atoms with E-state index in [1.54, 1.807) is 11.3 Å². The maximum atomic E-state index is 11.9. The van der Waals surface area contributed by atoms with Crippen molar-refractivity contribution in [3.8, 4) is 0 Å². The second kappa shape index (κ2) is 6.71. The van der Waals surface area contributed by atoms with Crippen LogP contribution in [0.15, 0.2) is 11.4 Å². The number of hydrogen-bond acceptors (Lipinski definition) is 3. The lowest BCUT2D eigenvalue weighted by atomic mass is 10.0. The highest BCUT2D eigenvalue weighted by molar-refractivity contribution is 7.80. The van der Waals surface area contributed by atoms with Crippen LogP contribution in [-0.4, -0.2) is 10.9 Å². The van der Waals surface area contributed by atoms with Crippen LogP contribution >= 0.6 is 23.6 Å². The summed E-state index contributed by atoms with van der Waals surface area (Å²) < 4.78 is 0. The number of hydrogen-bond donors (Lipinski definition) is 2. The maximum Gasteiger partial charge on any atom is 0.230 e. The van der Waals surface area contributed by atoms with Crippen molar-refractivity contribution in [3.63, 3.8) is 0 Å². The molecule has 0 saturated heterocycles. The van der Waals surface area contributed by atoms with Gasteiger partial charge in [-0.25, -0.2) is 0 Å². The highest BCUT2D eigenvalue weighted by atomic mass is 32.1. The number of thiophene rings is 1. The molecule has 1 aromatic rings. The summed E-state index contributed by atoms with van der Waals surface area (Å²) in [5.41, 5.74) is 6.78. The van der Waals surface area contributed by atoms with Crippen molar-refractivity contribution in [2.24, 2.45) is 11.7 Å².